The largest absolute Gasteiger partial charge is 0.393 e. The molecule has 0 bridgehead atoms. The van der Waals surface area contributed by atoms with Crippen LogP contribution in [-0.4, -0.2) is 11.2 Å². The Balaban J connectivity index is 3.23. The SMILES string of the molecule is CC(C)CCC[C@@H](C)CCC[C@@H](C)O. The normalized spacial score (nSPS) is 15.9. The summed E-state index contributed by atoms with van der Waals surface area (Å²) in [6.07, 6.45) is 7.41. The lowest BCUT2D eigenvalue weighted by atomic mass is 9.95. The third-order valence-corrected chi connectivity index (χ3v) is 2.80. The molecule has 0 aromatic heterocycles. The predicted octanol–water partition coefficient (Wildman–Crippen LogP) is 4.00. The van der Waals surface area contributed by atoms with E-state index in [0.29, 0.717) is 0 Å². The van der Waals surface area contributed by atoms with Crippen LogP contribution in [-0.2, 0) is 0 Å². The molecule has 0 rings (SSSR count). The first-order chi connectivity index (χ1) is 6.52. The first-order valence-corrected chi connectivity index (χ1v) is 6.20. The van der Waals surface area contributed by atoms with E-state index in [9.17, 15) is 0 Å². The van der Waals surface area contributed by atoms with Crippen LogP contribution in [0.25, 0.3) is 0 Å². The fourth-order valence-corrected chi connectivity index (χ4v) is 1.78. The van der Waals surface area contributed by atoms with Crippen molar-refractivity contribution in [1.29, 1.82) is 0 Å². The lowest BCUT2D eigenvalue weighted by molar-refractivity contribution is 0.178. The highest BCUT2D eigenvalue weighted by Crippen LogP contribution is 2.17. The van der Waals surface area contributed by atoms with Gasteiger partial charge < -0.3 is 5.11 Å². The zero-order valence-corrected chi connectivity index (χ0v) is 10.4. The number of rotatable bonds is 8. The molecular weight excluding hydrogens is 172 g/mol. The average molecular weight is 200 g/mol. The molecule has 0 spiro atoms. The van der Waals surface area contributed by atoms with Crippen LogP contribution < -0.4 is 0 Å². The van der Waals surface area contributed by atoms with Crippen LogP contribution in [0.3, 0.4) is 0 Å². The number of aliphatic hydroxyl groups excluding tert-OH is 1. The van der Waals surface area contributed by atoms with E-state index < -0.39 is 0 Å². The minimum atomic E-state index is -0.113. The van der Waals surface area contributed by atoms with E-state index in [4.69, 9.17) is 5.11 Å². The van der Waals surface area contributed by atoms with Gasteiger partial charge in [-0.1, -0.05) is 52.9 Å². The van der Waals surface area contributed by atoms with Crippen molar-refractivity contribution in [2.75, 3.05) is 0 Å². The van der Waals surface area contributed by atoms with Crippen molar-refractivity contribution in [2.24, 2.45) is 11.8 Å². The monoisotopic (exact) mass is 200 g/mol. The molecule has 0 fully saturated rings. The zero-order chi connectivity index (χ0) is 11.0. The molecule has 14 heavy (non-hydrogen) atoms. The van der Waals surface area contributed by atoms with Gasteiger partial charge in [0.15, 0.2) is 0 Å². The van der Waals surface area contributed by atoms with Gasteiger partial charge in [0.05, 0.1) is 6.10 Å². The number of hydrogen-bond donors (Lipinski definition) is 1. The molecule has 0 aliphatic carbocycles. The smallest absolute Gasteiger partial charge is 0.0512 e. The molecule has 0 saturated heterocycles. The predicted molar refractivity (Wildman–Crippen MR) is 63.4 cm³/mol. The van der Waals surface area contributed by atoms with E-state index >= 15 is 0 Å². The summed E-state index contributed by atoms with van der Waals surface area (Å²) in [4.78, 5) is 0. The van der Waals surface area contributed by atoms with Crippen molar-refractivity contribution in [3.63, 3.8) is 0 Å². The van der Waals surface area contributed by atoms with Gasteiger partial charge in [0.1, 0.15) is 0 Å². The van der Waals surface area contributed by atoms with Crippen molar-refractivity contribution >= 4 is 0 Å². The summed E-state index contributed by atoms with van der Waals surface area (Å²) in [5, 5.41) is 9.11. The molecule has 1 N–H and O–H groups in total. The molecule has 2 atom stereocenters. The van der Waals surface area contributed by atoms with Gasteiger partial charge in [-0.05, 0) is 25.2 Å². The second-order valence-corrected chi connectivity index (χ2v) is 5.21. The second-order valence-electron chi connectivity index (χ2n) is 5.21. The molecule has 0 heterocycles. The van der Waals surface area contributed by atoms with Crippen molar-refractivity contribution < 1.29 is 5.11 Å². The molecule has 0 amide bonds. The van der Waals surface area contributed by atoms with Gasteiger partial charge in [-0.15, -0.1) is 0 Å². The van der Waals surface area contributed by atoms with Crippen LogP contribution in [0.15, 0.2) is 0 Å². The van der Waals surface area contributed by atoms with E-state index in [1.807, 2.05) is 6.92 Å². The Morgan fingerprint density at radius 2 is 1.29 bits per heavy atom. The van der Waals surface area contributed by atoms with Crippen molar-refractivity contribution in [3.05, 3.63) is 0 Å². The highest BCUT2D eigenvalue weighted by atomic mass is 16.3. The molecule has 0 aliphatic rings. The summed E-state index contributed by atoms with van der Waals surface area (Å²) in [5.41, 5.74) is 0. The van der Waals surface area contributed by atoms with Crippen molar-refractivity contribution in [3.8, 4) is 0 Å². The van der Waals surface area contributed by atoms with E-state index in [1.165, 1.54) is 32.1 Å². The van der Waals surface area contributed by atoms with Crippen LogP contribution in [0.1, 0.15) is 66.2 Å². The molecule has 1 nitrogen and oxygen atoms in total. The maximum Gasteiger partial charge on any atom is 0.0512 e. The second kappa shape index (κ2) is 8.28. The van der Waals surface area contributed by atoms with Gasteiger partial charge in [0, 0.05) is 0 Å². The summed E-state index contributed by atoms with van der Waals surface area (Å²) < 4.78 is 0. The Bertz CT molecular complexity index is 104. The summed E-state index contributed by atoms with van der Waals surface area (Å²) in [6.45, 7) is 8.79. The van der Waals surface area contributed by atoms with Crippen LogP contribution in [0.5, 0.6) is 0 Å². The van der Waals surface area contributed by atoms with Crippen LogP contribution in [0.2, 0.25) is 0 Å². The standard InChI is InChI=1S/C13H28O/c1-11(2)7-5-8-12(3)9-6-10-13(4)14/h11-14H,5-10H2,1-4H3/t12-,13-/m1/s1. The minimum absolute atomic E-state index is 0.113. The highest BCUT2D eigenvalue weighted by molar-refractivity contribution is 4.57. The van der Waals surface area contributed by atoms with Gasteiger partial charge in [-0.25, -0.2) is 0 Å². The van der Waals surface area contributed by atoms with E-state index in [1.54, 1.807) is 0 Å². The fourth-order valence-electron chi connectivity index (χ4n) is 1.78. The minimum Gasteiger partial charge on any atom is -0.393 e. The third kappa shape index (κ3) is 10.0. The molecule has 0 radical (unpaired) electrons. The third-order valence-electron chi connectivity index (χ3n) is 2.80. The first-order valence-electron chi connectivity index (χ1n) is 6.20. The van der Waals surface area contributed by atoms with Crippen LogP contribution >= 0.6 is 0 Å². The number of hydrogen-bond acceptors (Lipinski definition) is 1. The highest BCUT2D eigenvalue weighted by Gasteiger charge is 2.04. The Hall–Kier alpha value is -0.0400. The van der Waals surface area contributed by atoms with Gasteiger partial charge in [0.2, 0.25) is 0 Å². The molecule has 0 aromatic rings. The van der Waals surface area contributed by atoms with Gasteiger partial charge in [0.25, 0.3) is 0 Å². The van der Waals surface area contributed by atoms with Crippen molar-refractivity contribution in [1.82, 2.24) is 0 Å². The quantitative estimate of drug-likeness (QED) is 0.628. The van der Waals surface area contributed by atoms with Crippen molar-refractivity contribution in [2.45, 2.75) is 72.3 Å². The molecule has 0 saturated carbocycles. The van der Waals surface area contributed by atoms with Gasteiger partial charge in [-0.3, -0.25) is 0 Å². The molecular formula is C13H28O. The number of aliphatic hydroxyl groups is 1. The fraction of sp³-hybridized carbons (Fsp3) is 1.00. The molecule has 0 unspecified atom stereocenters. The topological polar surface area (TPSA) is 20.2 Å². The lowest BCUT2D eigenvalue weighted by Gasteiger charge is -2.12. The molecule has 0 aromatic carbocycles. The Labute approximate surface area is 89.9 Å². The zero-order valence-electron chi connectivity index (χ0n) is 10.4. The maximum atomic E-state index is 9.11. The Kier molecular flexibility index (Phi) is 8.26. The Morgan fingerprint density at radius 1 is 0.786 bits per heavy atom. The summed E-state index contributed by atoms with van der Waals surface area (Å²) >= 11 is 0. The summed E-state index contributed by atoms with van der Waals surface area (Å²) in [7, 11) is 0. The first kappa shape index (κ1) is 14.0. The van der Waals surface area contributed by atoms with Crippen LogP contribution in [0, 0.1) is 11.8 Å². The van der Waals surface area contributed by atoms with Gasteiger partial charge in [-0.2, -0.15) is 0 Å². The lowest BCUT2D eigenvalue weighted by Crippen LogP contribution is -2.02. The average Bonchev–Trinajstić information content (AvgIpc) is 2.02. The summed E-state index contributed by atoms with van der Waals surface area (Å²) in [6, 6.07) is 0. The summed E-state index contributed by atoms with van der Waals surface area (Å²) in [5.74, 6) is 1.69. The van der Waals surface area contributed by atoms with E-state index in [2.05, 4.69) is 20.8 Å². The van der Waals surface area contributed by atoms with Crippen LogP contribution in [0.4, 0.5) is 0 Å². The maximum absolute atomic E-state index is 9.11. The Morgan fingerprint density at radius 3 is 1.71 bits per heavy atom. The van der Waals surface area contributed by atoms with E-state index in [0.717, 1.165) is 18.3 Å². The molecule has 0 aliphatic heterocycles. The molecule has 1 heteroatoms. The van der Waals surface area contributed by atoms with E-state index in [-0.39, 0.29) is 6.10 Å². The van der Waals surface area contributed by atoms with Gasteiger partial charge >= 0.3 is 0 Å². The molecule has 86 valence electrons.